The van der Waals surface area contributed by atoms with Gasteiger partial charge in [0, 0.05) is 12.6 Å². The van der Waals surface area contributed by atoms with E-state index >= 15 is 0 Å². The van der Waals surface area contributed by atoms with Gasteiger partial charge in [-0.25, -0.2) is 4.98 Å². The Morgan fingerprint density at radius 1 is 1.33 bits per heavy atom. The Morgan fingerprint density at radius 2 is 2.11 bits per heavy atom. The number of imidazole rings is 1. The van der Waals surface area contributed by atoms with Gasteiger partial charge in [-0.05, 0) is 44.9 Å². The summed E-state index contributed by atoms with van der Waals surface area (Å²) in [5.41, 5.74) is 3.62. The number of fused-ring (bicyclic) bond motifs is 1. The number of rotatable bonds is 5. The van der Waals surface area contributed by atoms with Crippen LogP contribution < -0.4 is 5.32 Å². The fraction of sp³-hybridized carbons (Fsp3) is 0.533. The number of aromatic nitrogens is 2. The number of benzene rings is 1. The van der Waals surface area contributed by atoms with Gasteiger partial charge in [0.2, 0.25) is 0 Å². The summed E-state index contributed by atoms with van der Waals surface area (Å²) in [6.07, 6.45) is 1.14. The summed E-state index contributed by atoms with van der Waals surface area (Å²) < 4.78 is 2.30. The Labute approximate surface area is 109 Å². The van der Waals surface area contributed by atoms with Crippen LogP contribution in [0.15, 0.2) is 18.2 Å². The van der Waals surface area contributed by atoms with Gasteiger partial charge in [-0.2, -0.15) is 0 Å². The van der Waals surface area contributed by atoms with Crippen LogP contribution in [0.1, 0.15) is 38.6 Å². The van der Waals surface area contributed by atoms with Gasteiger partial charge in [0.05, 0.1) is 17.6 Å². The number of hydrogen-bond acceptors (Lipinski definition) is 2. The summed E-state index contributed by atoms with van der Waals surface area (Å²) in [5.74, 6) is 1.14. The van der Waals surface area contributed by atoms with Gasteiger partial charge in [0.25, 0.3) is 0 Å². The number of nitrogens with zero attached hydrogens (tertiary/aromatic N) is 2. The zero-order valence-electron chi connectivity index (χ0n) is 11.8. The maximum atomic E-state index is 4.75. The molecule has 0 aliphatic rings. The van der Waals surface area contributed by atoms with E-state index in [1.54, 1.807) is 0 Å². The van der Waals surface area contributed by atoms with Gasteiger partial charge in [-0.1, -0.05) is 13.0 Å². The lowest BCUT2D eigenvalue weighted by Gasteiger charge is -2.12. The lowest BCUT2D eigenvalue weighted by Crippen LogP contribution is -2.26. The van der Waals surface area contributed by atoms with Crippen molar-refractivity contribution in [1.29, 1.82) is 0 Å². The van der Waals surface area contributed by atoms with Gasteiger partial charge in [-0.3, -0.25) is 0 Å². The third-order valence-corrected chi connectivity index (χ3v) is 3.52. The second kappa shape index (κ2) is 5.53. The Morgan fingerprint density at radius 3 is 2.78 bits per heavy atom. The van der Waals surface area contributed by atoms with Crippen LogP contribution in [0.2, 0.25) is 0 Å². The predicted molar refractivity (Wildman–Crippen MR) is 76.7 cm³/mol. The minimum atomic E-state index is 0.539. The average Bonchev–Trinajstić information content (AvgIpc) is 2.72. The number of hydrogen-bond donors (Lipinski definition) is 1. The van der Waals surface area contributed by atoms with Gasteiger partial charge in [0.1, 0.15) is 5.82 Å². The number of nitrogens with one attached hydrogen (secondary N) is 1. The lowest BCUT2D eigenvalue weighted by molar-refractivity contribution is 0.512. The molecule has 1 heterocycles. The maximum absolute atomic E-state index is 4.75. The molecule has 18 heavy (non-hydrogen) atoms. The van der Waals surface area contributed by atoms with E-state index in [4.69, 9.17) is 4.98 Å². The standard InChI is InChI=1S/C15H23N3/c1-5-12(4)16-10-15-17-13-9-11(3)7-8-14(13)18(15)6-2/h7-9,12,16H,5-6,10H2,1-4H3. The van der Waals surface area contributed by atoms with Gasteiger partial charge < -0.3 is 9.88 Å². The van der Waals surface area contributed by atoms with Crippen LogP contribution in [0, 0.1) is 6.92 Å². The van der Waals surface area contributed by atoms with Crippen LogP contribution >= 0.6 is 0 Å². The third-order valence-electron chi connectivity index (χ3n) is 3.52. The Balaban J connectivity index is 2.32. The van der Waals surface area contributed by atoms with E-state index in [1.807, 2.05) is 0 Å². The molecule has 1 aromatic carbocycles. The van der Waals surface area contributed by atoms with E-state index < -0.39 is 0 Å². The molecule has 2 aromatic rings. The van der Waals surface area contributed by atoms with Crippen LogP contribution in [0.4, 0.5) is 0 Å². The fourth-order valence-corrected chi connectivity index (χ4v) is 2.19. The summed E-state index contributed by atoms with van der Waals surface area (Å²) >= 11 is 0. The summed E-state index contributed by atoms with van der Waals surface area (Å²) in [6, 6.07) is 7.03. The first kappa shape index (κ1) is 13.1. The van der Waals surface area contributed by atoms with Crippen molar-refractivity contribution in [1.82, 2.24) is 14.9 Å². The van der Waals surface area contributed by atoms with Gasteiger partial charge in [0.15, 0.2) is 0 Å². The Kier molecular flexibility index (Phi) is 4.02. The van der Waals surface area contributed by atoms with Crippen molar-refractivity contribution in [3.8, 4) is 0 Å². The van der Waals surface area contributed by atoms with E-state index in [0.29, 0.717) is 6.04 Å². The minimum Gasteiger partial charge on any atom is -0.327 e. The molecule has 0 aliphatic heterocycles. The van der Waals surface area contributed by atoms with E-state index in [-0.39, 0.29) is 0 Å². The average molecular weight is 245 g/mol. The zero-order valence-corrected chi connectivity index (χ0v) is 11.8. The second-order valence-corrected chi connectivity index (χ2v) is 4.95. The van der Waals surface area contributed by atoms with Crippen molar-refractivity contribution in [2.24, 2.45) is 0 Å². The van der Waals surface area contributed by atoms with Gasteiger partial charge >= 0.3 is 0 Å². The molecule has 0 bridgehead atoms. The number of aryl methyl sites for hydroxylation is 2. The Bertz CT molecular complexity index is 528. The minimum absolute atomic E-state index is 0.539. The molecule has 98 valence electrons. The summed E-state index contributed by atoms with van der Waals surface area (Å²) in [6.45, 7) is 10.5. The molecular weight excluding hydrogens is 222 g/mol. The lowest BCUT2D eigenvalue weighted by atomic mass is 10.2. The largest absolute Gasteiger partial charge is 0.327 e. The van der Waals surface area contributed by atoms with Gasteiger partial charge in [-0.15, -0.1) is 0 Å². The van der Waals surface area contributed by atoms with Crippen LogP contribution in [0.5, 0.6) is 0 Å². The molecule has 2 rings (SSSR count). The molecule has 0 amide bonds. The van der Waals surface area contributed by atoms with Crippen molar-refractivity contribution in [3.63, 3.8) is 0 Å². The molecule has 0 radical (unpaired) electrons. The first-order valence-corrected chi connectivity index (χ1v) is 6.84. The van der Waals surface area contributed by atoms with Crippen molar-refractivity contribution < 1.29 is 0 Å². The third kappa shape index (κ3) is 2.56. The first-order chi connectivity index (χ1) is 8.65. The monoisotopic (exact) mass is 245 g/mol. The van der Waals surface area contributed by atoms with E-state index in [0.717, 1.165) is 30.9 Å². The molecule has 1 unspecified atom stereocenters. The van der Waals surface area contributed by atoms with Crippen molar-refractivity contribution in [2.75, 3.05) is 0 Å². The van der Waals surface area contributed by atoms with Crippen LogP contribution in [0.25, 0.3) is 11.0 Å². The van der Waals surface area contributed by atoms with E-state index in [2.05, 4.69) is 55.8 Å². The predicted octanol–water partition coefficient (Wildman–Crippen LogP) is 3.25. The normalized spacial score (nSPS) is 13.1. The summed E-state index contributed by atoms with van der Waals surface area (Å²) in [4.78, 5) is 4.75. The molecule has 0 saturated heterocycles. The second-order valence-electron chi connectivity index (χ2n) is 4.95. The summed E-state index contributed by atoms with van der Waals surface area (Å²) in [5, 5.41) is 3.52. The molecule has 1 aromatic heterocycles. The van der Waals surface area contributed by atoms with Crippen LogP contribution in [-0.2, 0) is 13.1 Å². The molecule has 0 fully saturated rings. The molecule has 0 aliphatic carbocycles. The Hall–Kier alpha value is -1.35. The molecule has 3 heteroatoms. The zero-order chi connectivity index (χ0) is 13.1. The quantitative estimate of drug-likeness (QED) is 0.876. The summed E-state index contributed by atoms with van der Waals surface area (Å²) in [7, 11) is 0. The molecule has 0 spiro atoms. The van der Waals surface area contributed by atoms with Crippen molar-refractivity contribution >= 4 is 11.0 Å². The van der Waals surface area contributed by atoms with Crippen molar-refractivity contribution in [3.05, 3.63) is 29.6 Å². The van der Waals surface area contributed by atoms with Crippen LogP contribution in [0.3, 0.4) is 0 Å². The molecule has 0 saturated carbocycles. The highest BCUT2D eigenvalue weighted by atomic mass is 15.1. The SMILES string of the molecule is CCC(C)NCc1nc2cc(C)ccc2n1CC. The highest BCUT2D eigenvalue weighted by molar-refractivity contribution is 5.76. The van der Waals surface area contributed by atoms with E-state index in [9.17, 15) is 0 Å². The topological polar surface area (TPSA) is 29.9 Å². The highest BCUT2D eigenvalue weighted by Crippen LogP contribution is 2.17. The van der Waals surface area contributed by atoms with E-state index in [1.165, 1.54) is 11.1 Å². The molecule has 1 N–H and O–H groups in total. The molecule has 1 atom stereocenters. The highest BCUT2D eigenvalue weighted by Gasteiger charge is 2.09. The first-order valence-electron chi connectivity index (χ1n) is 6.84. The van der Waals surface area contributed by atoms with Crippen LogP contribution in [-0.4, -0.2) is 15.6 Å². The molecule has 3 nitrogen and oxygen atoms in total. The fourth-order valence-electron chi connectivity index (χ4n) is 2.19. The molecular formula is C15H23N3. The maximum Gasteiger partial charge on any atom is 0.123 e. The van der Waals surface area contributed by atoms with Crippen molar-refractivity contribution in [2.45, 2.75) is 53.2 Å². The smallest absolute Gasteiger partial charge is 0.123 e.